The summed E-state index contributed by atoms with van der Waals surface area (Å²) in [5.74, 6) is -1.25. The van der Waals surface area contributed by atoms with E-state index in [1.165, 1.54) is 4.90 Å². The molecule has 0 aromatic carbocycles. The van der Waals surface area contributed by atoms with Crippen LogP contribution in [0.5, 0.6) is 0 Å². The molecule has 120 valence electrons. The second kappa shape index (κ2) is 6.61. The topological polar surface area (TPSA) is 107 Å². The van der Waals surface area contributed by atoms with Crippen molar-refractivity contribution in [3.05, 3.63) is 0 Å². The van der Waals surface area contributed by atoms with Crippen molar-refractivity contribution in [3.8, 4) is 0 Å². The van der Waals surface area contributed by atoms with Gasteiger partial charge in [0.05, 0.1) is 11.5 Å². The van der Waals surface area contributed by atoms with Gasteiger partial charge in [0.25, 0.3) is 0 Å². The van der Waals surface area contributed by atoms with E-state index in [0.717, 1.165) is 13.0 Å². The zero-order chi connectivity index (χ0) is 15.5. The summed E-state index contributed by atoms with van der Waals surface area (Å²) in [4.78, 5) is 26.4. The highest BCUT2D eigenvalue weighted by molar-refractivity contribution is 7.91. The van der Waals surface area contributed by atoms with Gasteiger partial charge in [0, 0.05) is 25.7 Å². The fourth-order valence-corrected chi connectivity index (χ4v) is 4.47. The molecule has 0 saturated carbocycles. The standard InChI is InChI=1S/C12H21N3O5S/c16-11(17)8-15(10-2-7-21(19,20)9-10)12(18)14-5-1-3-13-4-6-14/h10,13H,1-9H2,(H,16,17). The second-order valence-electron chi connectivity index (χ2n) is 5.45. The molecule has 9 heteroatoms. The van der Waals surface area contributed by atoms with Crippen LogP contribution in [0.3, 0.4) is 0 Å². The predicted octanol–water partition coefficient (Wildman–Crippen LogP) is -1.02. The number of sulfone groups is 1. The summed E-state index contributed by atoms with van der Waals surface area (Å²) < 4.78 is 23.2. The van der Waals surface area contributed by atoms with Gasteiger partial charge in [-0.15, -0.1) is 0 Å². The Kier molecular flexibility index (Phi) is 5.04. The first-order valence-electron chi connectivity index (χ1n) is 7.07. The van der Waals surface area contributed by atoms with Crippen LogP contribution in [0.15, 0.2) is 0 Å². The van der Waals surface area contributed by atoms with Crippen LogP contribution in [0.25, 0.3) is 0 Å². The van der Waals surface area contributed by atoms with E-state index in [1.54, 1.807) is 4.90 Å². The molecule has 2 aliphatic heterocycles. The number of carbonyl (C=O) groups excluding carboxylic acids is 1. The Labute approximate surface area is 124 Å². The number of carbonyl (C=O) groups is 2. The molecule has 2 aliphatic rings. The number of aliphatic carboxylic acids is 1. The van der Waals surface area contributed by atoms with Gasteiger partial charge < -0.3 is 20.2 Å². The Morgan fingerprint density at radius 3 is 2.67 bits per heavy atom. The van der Waals surface area contributed by atoms with Crippen LogP contribution in [-0.2, 0) is 14.6 Å². The number of carboxylic acid groups (broad SMARTS) is 1. The number of nitrogens with zero attached hydrogens (tertiary/aromatic N) is 2. The van der Waals surface area contributed by atoms with Gasteiger partial charge in [-0.05, 0) is 19.4 Å². The Hall–Kier alpha value is -1.35. The zero-order valence-corrected chi connectivity index (χ0v) is 12.6. The smallest absolute Gasteiger partial charge is 0.323 e. The highest BCUT2D eigenvalue weighted by Gasteiger charge is 2.37. The molecule has 0 bridgehead atoms. The van der Waals surface area contributed by atoms with Crippen LogP contribution in [0.1, 0.15) is 12.8 Å². The van der Waals surface area contributed by atoms with Gasteiger partial charge in [0.15, 0.2) is 9.84 Å². The molecule has 0 aromatic rings. The minimum Gasteiger partial charge on any atom is -0.480 e. The predicted molar refractivity (Wildman–Crippen MR) is 75.9 cm³/mol. The van der Waals surface area contributed by atoms with Gasteiger partial charge in [-0.3, -0.25) is 4.79 Å². The summed E-state index contributed by atoms with van der Waals surface area (Å²) in [5.41, 5.74) is 0. The largest absolute Gasteiger partial charge is 0.480 e. The van der Waals surface area contributed by atoms with Gasteiger partial charge in [0.1, 0.15) is 6.54 Å². The first kappa shape index (κ1) is 16.0. The molecule has 0 radical (unpaired) electrons. The quantitative estimate of drug-likeness (QED) is 0.689. The Morgan fingerprint density at radius 2 is 2.05 bits per heavy atom. The van der Waals surface area contributed by atoms with Gasteiger partial charge in [-0.2, -0.15) is 0 Å². The summed E-state index contributed by atoms with van der Waals surface area (Å²) in [7, 11) is -3.17. The molecule has 2 N–H and O–H groups in total. The number of hydrogen-bond donors (Lipinski definition) is 2. The average molecular weight is 319 g/mol. The van der Waals surface area contributed by atoms with Crippen LogP contribution in [0.4, 0.5) is 4.79 Å². The van der Waals surface area contributed by atoms with Gasteiger partial charge in [0.2, 0.25) is 0 Å². The van der Waals surface area contributed by atoms with E-state index in [-0.39, 0.29) is 17.5 Å². The first-order chi connectivity index (χ1) is 9.89. The summed E-state index contributed by atoms with van der Waals surface area (Å²) in [6.07, 6.45) is 1.11. The number of urea groups is 1. The maximum absolute atomic E-state index is 12.6. The lowest BCUT2D eigenvalue weighted by Crippen LogP contribution is -2.51. The average Bonchev–Trinajstić information content (AvgIpc) is 2.64. The van der Waals surface area contributed by atoms with Crippen LogP contribution < -0.4 is 5.32 Å². The molecule has 1 unspecified atom stereocenters. The molecule has 0 aliphatic carbocycles. The molecule has 0 aromatic heterocycles. The molecule has 0 spiro atoms. The van der Waals surface area contributed by atoms with Crippen LogP contribution in [0, 0.1) is 0 Å². The second-order valence-corrected chi connectivity index (χ2v) is 7.68. The van der Waals surface area contributed by atoms with E-state index < -0.39 is 28.4 Å². The molecule has 2 rings (SSSR count). The minimum atomic E-state index is -3.17. The molecule has 21 heavy (non-hydrogen) atoms. The lowest BCUT2D eigenvalue weighted by molar-refractivity contribution is -0.138. The van der Waals surface area contributed by atoms with Crippen LogP contribution >= 0.6 is 0 Å². The molecule has 2 saturated heterocycles. The molecule has 2 amide bonds. The Balaban J connectivity index is 2.11. The normalized spacial score (nSPS) is 25.3. The van der Waals surface area contributed by atoms with Gasteiger partial charge in [-0.1, -0.05) is 0 Å². The third-order valence-electron chi connectivity index (χ3n) is 3.81. The summed E-state index contributed by atoms with van der Waals surface area (Å²) >= 11 is 0. The van der Waals surface area contributed by atoms with Crippen molar-refractivity contribution in [1.82, 2.24) is 15.1 Å². The highest BCUT2D eigenvalue weighted by atomic mass is 32.2. The van der Waals surface area contributed by atoms with Crippen molar-refractivity contribution in [1.29, 1.82) is 0 Å². The minimum absolute atomic E-state index is 0.0165. The van der Waals surface area contributed by atoms with Gasteiger partial charge >= 0.3 is 12.0 Å². The van der Waals surface area contributed by atoms with E-state index in [0.29, 0.717) is 26.1 Å². The maximum atomic E-state index is 12.6. The van der Waals surface area contributed by atoms with Crippen molar-refractivity contribution < 1.29 is 23.1 Å². The van der Waals surface area contributed by atoms with Crippen LogP contribution in [-0.4, -0.2) is 85.6 Å². The van der Waals surface area contributed by atoms with E-state index in [1.807, 2.05) is 0 Å². The third-order valence-corrected chi connectivity index (χ3v) is 5.56. The molecule has 2 heterocycles. The lowest BCUT2D eigenvalue weighted by Gasteiger charge is -2.32. The summed E-state index contributed by atoms with van der Waals surface area (Å²) in [5, 5.41) is 12.2. The first-order valence-corrected chi connectivity index (χ1v) is 8.90. The van der Waals surface area contributed by atoms with Crippen molar-refractivity contribution in [2.24, 2.45) is 0 Å². The monoisotopic (exact) mass is 319 g/mol. The number of hydrogen-bond acceptors (Lipinski definition) is 5. The SMILES string of the molecule is O=C(O)CN(C(=O)N1CCCNCC1)C1CCS(=O)(=O)C1. The summed E-state index contributed by atoms with van der Waals surface area (Å²) in [6.45, 7) is 2.09. The lowest BCUT2D eigenvalue weighted by atomic mass is 10.2. The molecule has 2 fully saturated rings. The number of nitrogens with one attached hydrogen (secondary N) is 1. The fraction of sp³-hybridized carbons (Fsp3) is 0.833. The fourth-order valence-electron chi connectivity index (χ4n) is 2.74. The Bertz CT molecular complexity index is 499. The van der Waals surface area contributed by atoms with Gasteiger partial charge in [-0.25, -0.2) is 13.2 Å². The number of rotatable bonds is 3. The van der Waals surface area contributed by atoms with E-state index in [2.05, 4.69) is 5.32 Å². The van der Waals surface area contributed by atoms with E-state index in [4.69, 9.17) is 5.11 Å². The van der Waals surface area contributed by atoms with E-state index in [9.17, 15) is 18.0 Å². The molecular weight excluding hydrogens is 298 g/mol. The third kappa shape index (κ3) is 4.31. The van der Waals surface area contributed by atoms with Crippen molar-refractivity contribution in [2.75, 3.05) is 44.2 Å². The summed E-state index contributed by atoms with van der Waals surface area (Å²) in [6, 6.07) is -0.905. The van der Waals surface area contributed by atoms with Crippen LogP contribution in [0.2, 0.25) is 0 Å². The zero-order valence-electron chi connectivity index (χ0n) is 11.8. The Morgan fingerprint density at radius 1 is 1.29 bits per heavy atom. The van der Waals surface area contributed by atoms with Crippen molar-refractivity contribution >= 4 is 21.8 Å². The maximum Gasteiger partial charge on any atom is 0.323 e. The van der Waals surface area contributed by atoms with Crippen molar-refractivity contribution in [2.45, 2.75) is 18.9 Å². The van der Waals surface area contributed by atoms with E-state index >= 15 is 0 Å². The molecule has 1 atom stereocenters. The van der Waals surface area contributed by atoms with Crippen molar-refractivity contribution in [3.63, 3.8) is 0 Å². The molecular formula is C12H21N3O5S. The highest BCUT2D eigenvalue weighted by Crippen LogP contribution is 2.19. The molecule has 8 nitrogen and oxygen atoms in total. The number of carboxylic acids is 1. The number of amides is 2.